The number of aliphatic imine (C=N–C) groups is 1. The Kier molecular flexibility index (Phi) is 4.62. The molecule has 0 atom stereocenters. The van der Waals surface area contributed by atoms with E-state index < -0.39 is 0 Å². The molecule has 0 bridgehead atoms. The Morgan fingerprint density at radius 1 is 1.08 bits per heavy atom. The van der Waals surface area contributed by atoms with Crippen LogP contribution in [-0.4, -0.2) is 60.3 Å². The van der Waals surface area contributed by atoms with Crippen LogP contribution in [0.3, 0.4) is 0 Å². The van der Waals surface area contributed by atoms with Crippen LogP contribution in [-0.2, 0) is 0 Å². The second-order valence-corrected chi connectivity index (χ2v) is 6.39. The Bertz CT molecular complexity index is 673. The maximum atomic E-state index is 5.66. The number of hydrogen-bond donors (Lipinski definition) is 2. The molecule has 128 valence electrons. The molecule has 0 spiro atoms. The van der Waals surface area contributed by atoms with Gasteiger partial charge in [0.2, 0.25) is 5.96 Å². The lowest BCUT2D eigenvalue weighted by molar-refractivity contribution is 0.178. The minimum atomic E-state index is 0.476. The number of nitrogens with one attached hydrogen (secondary N) is 2. The molecular weight excluding hydrogens is 304 g/mol. The van der Waals surface area contributed by atoms with Gasteiger partial charge in [-0.15, -0.1) is 0 Å². The third-order valence-corrected chi connectivity index (χ3v) is 4.60. The van der Waals surface area contributed by atoms with Crippen molar-refractivity contribution >= 4 is 23.1 Å². The largest absolute Gasteiger partial charge is 0.423 e. The average molecular weight is 328 g/mol. The van der Waals surface area contributed by atoms with E-state index in [9.17, 15) is 0 Å². The van der Waals surface area contributed by atoms with E-state index in [0.717, 1.165) is 36.8 Å². The van der Waals surface area contributed by atoms with E-state index in [1.54, 1.807) is 0 Å². The number of likely N-dealkylation sites (tertiary alicyclic amines) is 1. The molecule has 0 aliphatic carbocycles. The Labute approximate surface area is 141 Å². The monoisotopic (exact) mass is 328 g/mol. The molecule has 4 rings (SSSR count). The van der Waals surface area contributed by atoms with Crippen molar-refractivity contribution in [2.45, 2.75) is 19.3 Å². The van der Waals surface area contributed by atoms with E-state index in [4.69, 9.17) is 4.42 Å². The molecule has 2 aromatic rings. The normalized spacial score (nSPS) is 19.9. The van der Waals surface area contributed by atoms with Gasteiger partial charge in [-0.05, 0) is 38.1 Å². The highest BCUT2D eigenvalue weighted by Crippen LogP contribution is 2.18. The number of fused-ring (bicyclic) bond motifs is 1. The highest BCUT2D eigenvalue weighted by molar-refractivity contribution is 5.93. The van der Waals surface area contributed by atoms with Crippen molar-refractivity contribution in [3.8, 4) is 0 Å². The van der Waals surface area contributed by atoms with E-state index >= 15 is 0 Å². The summed E-state index contributed by atoms with van der Waals surface area (Å²) < 4.78 is 5.66. The molecule has 1 aromatic carbocycles. The maximum absolute atomic E-state index is 5.66. The number of oxazole rings is 1. The molecule has 0 saturated carbocycles. The van der Waals surface area contributed by atoms with E-state index in [-0.39, 0.29) is 0 Å². The van der Waals surface area contributed by atoms with Gasteiger partial charge in [0, 0.05) is 13.1 Å². The SMILES string of the molecule is c1ccc2oc(NC3=NCN(CCN4CCCCC4)CN3)nc2c1. The molecule has 0 amide bonds. The minimum absolute atomic E-state index is 0.476. The van der Waals surface area contributed by atoms with Crippen LogP contribution in [0, 0.1) is 0 Å². The fourth-order valence-corrected chi connectivity index (χ4v) is 3.19. The highest BCUT2D eigenvalue weighted by atomic mass is 16.4. The first-order chi connectivity index (χ1) is 11.9. The summed E-state index contributed by atoms with van der Waals surface area (Å²) in [5.41, 5.74) is 1.62. The fraction of sp³-hybridized carbons (Fsp3) is 0.529. The van der Waals surface area contributed by atoms with Crippen molar-refractivity contribution in [3.05, 3.63) is 24.3 Å². The molecular formula is C17H24N6O. The van der Waals surface area contributed by atoms with Crippen LogP contribution in [0.2, 0.25) is 0 Å². The summed E-state index contributed by atoms with van der Waals surface area (Å²) in [6.07, 6.45) is 4.07. The minimum Gasteiger partial charge on any atom is -0.423 e. The molecule has 1 fully saturated rings. The zero-order valence-electron chi connectivity index (χ0n) is 13.9. The average Bonchev–Trinajstić information content (AvgIpc) is 3.04. The molecule has 0 radical (unpaired) electrons. The van der Waals surface area contributed by atoms with Gasteiger partial charge in [-0.25, -0.2) is 4.99 Å². The first kappa shape index (κ1) is 15.4. The summed E-state index contributed by atoms with van der Waals surface area (Å²) in [4.78, 5) is 13.8. The number of nitrogens with zero attached hydrogens (tertiary/aromatic N) is 4. The second kappa shape index (κ2) is 7.19. The lowest BCUT2D eigenvalue weighted by atomic mass is 10.1. The van der Waals surface area contributed by atoms with Crippen molar-refractivity contribution in [1.82, 2.24) is 20.1 Å². The first-order valence-electron chi connectivity index (χ1n) is 8.72. The Hall–Kier alpha value is -2.12. The standard InChI is InChI=1S/C17H24N6O/c1-4-8-22(9-5-1)10-11-23-12-18-16(19-13-23)21-17-20-14-6-2-3-7-15(14)24-17/h2-3,6-7H,1,4-5,8-13H2,(H2,18,19,20,21). The van der Waals surface area contributed by atoms with E-state index in [1.165, 1.54) is 32.4 Å². The summed E-state index contributed by atoms with van der Waals surface area (Å²) in [5.74, 6) is 0.718. The number of benzene rings is 1. The summed E-state index contributed by atoms with van der Waals surface area (Å²) in [7, 11) is 0. The third kappa shape index (κ3) is 3.68. The van der Waals surface area contributed by atoms with Crippen molar-refractivity contribution in [2.75, 3.05) is 44.8 Å². The predicted octanol–water partition coefficient (Wildman–Crippen LogP) is 1.90. The van der Waals surface area contributed by atoms with Gasteiger partial charge in [-0.2, -0.15) is 4.98 Å². The molecule has 1 saturated heterocycles. The highest BCUT2D eigenvalue weighted by Gasteiger charge is 2.16. The third-order valence-electron chi connectivity index (χ3n) is 4.60. The maximum Gasteiger partial charge on any atom is 0.302 e. The lowest BCUT2D eigenvalue weighted by Crippen LogP contribution is -2.48. The van der Waals surface area contributed by atoms with Crippen molar-refractivity contribution in [2.24, 2.45) is 4.99 Å². The molecule has 24 heavy (non-hydrogen) atoms. The quantitative estimate of drug-likeness (QED) is 0.893. The van der Waals surface area contributed by atoms with Gasteiger partial charge >= 0.3 is 6.01 Å². The molecule has 2 aliphatic rings. The summed E-state index contributed by atoms with van der Waals surface area (Å²) in [6.45, 7) is 6.16. The number of anilines is 1. The van der Waals surface area contributed by atoms with Crippen LogP contribution < -0.4 is 10.6 Å². The predicted molar refractivity (Wildman–Crippen MR) is 94.9 cm³/mol. The Morgan fingerprint density at radius 2 is 1.92 bits per heavy atom. The van der Waals surface area contributed by atoms with Crippen LogP contribution in [0.15, 0.2) is 33.7 Å². The smallest absolute Gasteiger partial charge is 0.302 e. The van der Waals surface area contributed by atoms with Gasteiger partial charge in [0.25, 0.3) is 0 Å². The number of piperidine rings is 1. The van der Waals surface area contributed by atoms with Gasteiger partial charge < -0.3 is 14.6 Å². The fourth-order valence-electron chi connectivity index (χ4n) is 3.19. The molecule has 2 aliphatic heterocycles. The zero-order valence-corrected chi connectivity index (χ0v) is 13.9. The first-order valence-corrected chi connectivity index (χ1v) is 8.72. The lowest BCUT2D eigenvalue weighted by Gasteiger charge is -2.31. The number of aromatic nitrogens is 1. The number of para-hydroxylation sites is 2. The molecule has 0 unspecified atom stereocenters. The number of rotatable bonds is 4. The second-order valence-electron chi connectivity index (χ2n) is 6.39. The van der Waals surface area contributed by atoms with Gasteiger partial charge in [0.1, 0.15) is 5.52 Å². The molecule has 7 heteroatoms. The van der Waals surface area contributed by atoms with Crippen LogP contribution in [0.1, 0.15) is 19.3 Å². The molecule has 3 heterocycles. The number of hydrogen-bond acceptors (Lipinski definition) is 7. The van der Waals surface area contributed by atoms with Crippen LogP contribution in [0.5, 0.6) is 0 Å². The zero-order chi connectivity index (χ0) is 16.2. The Morgan fingerprint density at radius 3 is 2.71 bits per heavy atom. The van der Waals surface area contributed by atoms with Crippen LogP contribution in [0.4, 0.5) is 6.01 Å². The Balaban J connectivity index is 1.28. The van der Waals surface area contributed by atoms with Gasteiger partial charge in [0.15, 0.2) is 5.58 Å². The topological polar surface area (TPSA) is 68.9 Å². The van der Waals surface area contributed by atoms with E-state index in [2.05, 4.69) is 30.4 Å². The summed E-state index contributed by atoms with van der Waals surface area (Å²) in [5, 5.41) is 6.42. The van der Waals surface area contributed by atoms with E-state index in [0.29, 0.717) is 12.7 Å². The van der Waals surface area contributed by atoms with Crippen molar-refractivity contribution < 1.29 is 4.42 Å². The van der Waals surface area contributed by atoms with Crippen molar-refractivity contribution in [3.63, 3.8) is 0 Å². The van der Waals surface area contributed by atoms with Crippen molar-refractivity contribution in [1.29, 1.82) is 0 Å². The van der Waals surface area contributed by atoms with Crippen LogP contribution >= 0.6 is 0 Å². The van der Waals surface area contributed by atoms with Gasteiger partial charge in [0.05, 0.1) is 13.3 Å². The van der Waals surface area contributed by atoms with Gasteiger partial charge in [-0.1, -0.05) is 18.6 Å². The van der Waals surface area contributed by atoms with Gasteiger partial charge in [-0.3, -0.25) is 10.2 Å². The van der Waals surface area contributed by atoms with E-state index in [1.807, 2.05) is 24.3 Å². The summed E-state index contributed by atoms with van der Waals surface area (Å²) in [6, 6.07) is 8.21. The molecule has 2 N–H and O–H groups in total. The van der Waals surface area contributed by atoms with Crippen LogP contribution in [0.25, 0.3) is 11.1 Å². The summed E-state index contributed by atoms with van der Waals surface area (Å²) >= 11 is 0. The molecule has 1 aromatic heterocycles. The number of guanidine groups is 1. The molecule has 7 nitrogen and oxygen atoms in total.